The van der Waals surface area contributed by atoms with Gasteiger partial charge in [0.2, 0.25) is 10.0 Å². The van der Waals surface area contributed by atoms with Crippen LogP contribution in [0.2, 0.25) is 0 Å². The first-order valence-corrected chi connectivity index (χ1v) is 12.7. The Morgan fingerprint density at radius 2 is 1.77 bits per heavy atom. The molecule has 0 bridgehead atoms. The monoisotopic (exact) mass is 505 g/mol. The van der Waals surface area contributed by atoms with Crippen molar-refractivity contribution >= 4 is 37.9 Å². The van der Waals surface area contributed by atoms with Gasteiger partial charge in [-0.2, -0.15) is 13.2 Å². The molecule has 35 heavy (non-hydrogen) atoms. The number of imidazole rings is 1. The SMILES string of the molecule is Cc1nc2cnc3ccc(-c4cnc(N)c(C(F)(F)F)c4)nc3c2n1C1CCN(S(C)(=O)=O)CC1. The molecule has 5 rings (SSSR count). The maximum atomic E-state index is 13.4. The number of alkyl halides is 3. The average Bonchev–Trinajstić information content (AvgIpc) is 3.14. The lowest BCUT2D eigenvalue weighted by molar-refractivity contribution is -0.137. The molecule has 184 valence electrons. The van der Waals surface area contributed by atoms with Crippen molar-refractivity contribution in [2.24, 2.45) is 0 Å². The Bertz CT molecular complexity index is 1560. The molecule has 0 amide bonds. The van der Waals surface area contributed by atoms with E-state index in [0.717, 1.165) is 11.9 Å². The molecule has 1 saturated heterocycles. The number of halogens is 3. The zero-order valence-electron chi connectivity index (χ0n) is 18.9. The number of nitrogens with zero attached hydrogens (tertiary/aromatic N) is 6. The Hall–Kier alpha value is -3.32. The molecule has 0 aliphatic carbocycles. The number of anilines is 1. The van der Waals surface area contributed by atoms with Crippen molar-refractivity contribution in [3.8, 4) is 11.3 Å². The number of piperidine rings is 1. The van der Waals surface area contributed by atoms with Crippen LogP contribution < -0.4 is 5.73 Å². The van der Waals surface area contributed by atoms with Gasteiger partial charge in [0.25, 0.3) is 0 Å². The van der Waals surface area contributed by atoms with Gasteiger partial charge in [0.1, 0.15) is 22.7 Å². The van der Waals surface area contributed by atoms with Gasteiger partial charge in [0.15, 0.2) is 0 Å². The topological polar surface area (TPSA) is 120 Å². The van der Waals surface area contributed by atoms with Gasteiger partial charge in [-0.3, -0.25) is 4.98 Å². The van der Waals surface area contributed by atoms with Gasteiger partial charge < -0.3 is 10.3 Å². The van der Waals surface area contributed by atoms with Crippen LogP contribution in [0.4, 0.5) is 19.0 Å². The van der Waals surface area contributed by atoms with E-state index >= 15 is 0 Å². The Labute approximate surface area is 198 Å². The fourth-order valence-electron chi connectivity index (χ4n) is 4.63. The van der Waals surface area contributed by atoms with Crippen molar-refractivity contribution in [3.05, 3.63) is 42.0 Å². The summed E-state index contributed by atoms with van der Waals surface area (Å²) in [5.41, 5.74) is 7.28. The number of nitrogen functional groups attached to an aromatic ring is 1. The van der Waals surface area contributed by atoms with Gasteiger partial charge in [-0.05, 0) is 38.0 Å². The molecule has 0 unspecified atom stereocenters. The van der Waals surface area contributed by atoms with Crippen molar-refractivity contribution < 1.29 is 21.6 Å². The zero-order valence-corrected chi connectivity index (χ0v) is 19.7. The zero-order chi connectivity index (χ0) is 25.1. The van der Waals surface area contributed by atoms with E-state index in [1.54, 1.807) is 18.3 Å². The first-order chi connectivity index (χ1) is 16.4. The first kappa shape index (κ1) is 23.4. The number of nitrogens with two attached hydrogens (primary N) is 1. The Morgan fingerprint density at radius 1 is 1.06 bits per heavy atom. The van der Waals surface area contributed by atoms with Crippen LogP contribution in [-0.4, -0.2) is 56.6 Å². The fraction of sp³-hybridized carbons (Fsp3) is 0.364. The number of pyridine rings is 3. The second-order valence-corrected chi connectivity index (χ2v) is 10.6. The lowest BCUT2D eigenvalue weighted by Gasteiger charge is -2.31. The predicted molar refractivity (Wildman–Crippen MR) is 125 cm³/mol. The van der Waals surface area contributed by atoms with E-state index in [0.29, 0.717) is 53.7 Å². The van der Waals surface area contributed by atoms with Gasteiger partial charge >= 0.3 is 6.18 Å². The first-order valence-electron chi connectivity index (χ1n) is 10.9. The Morgan fingerprint density at radius 3 is 2.43 bits per heavy atom. The number of hydrogen-bond acceptors (Lipinski definition) is 7. The molecule has 4 aromatic heterocycles. The van der Waals surface area contributed by atoms with Crippen LogP contribution in [0, 0.1) is 6.92 Å². The van der Waals surface area contributed by atoms with E-state index in [2.05, 4.69) is 19.9 Å². The van der Waals surface area contributed by atoms with Crippen molar-refractivity contribution in [3.63, 3.8) is 0 Å². The number of sulfonamides is 1. The molecule has 13 heteroatoms. The molecule has 0 atom stereocenters. The van der Waals surface area contributed by atoms with E-state index < -0.39 is 27.6 Å². The highest BCUT2D eigenvalue weighted by atomic mass is 32.2. The van der Waals surface area contributed by atoms with Gasteiger partial charge in [-0.1, -0.05) is 0 Å². The maximum absolute atomic E-state index is 13.4. The second kappa shape index (κ2) is 8.12. The van der Waals surface area contributed by atoms with Crippen LogP contribution in [0.15, 0.2) is 30.6 Å². The predicted octanol–water partition coefficient (Wildman–Crippen LogP) is 3.55. The number of aromatic nitrogens is 5. The van der Waals surface area contributed by atoms with Crippen LogP contribution in [0.5, 0.6) is 0 Å². The third-order valence-corrected chi connectivity index (χ3v) is 7.62. The molecule has 9 nitrogen and oxygen atoms in total. The molecule has 0 aromatic carbocycles. The summed E-state index contributed by atoms with van der Waals surface area (Å²) in [6.45, 7) is 2.64. The van der Waals surface area contributed by atoms with Crippen LogP contribution in [0.25, 0.3) is 33.3 Å². The largest absolute Gasteiger partial charge is 0.419 e. The normalized spacial score (nSPS) is 16.4. The van der Waals surface area contributed by atoms with Crippen LogP contribution in [0.1, 0.15) is 30.3 Å². The summed E-state index contributed by atoms with van der Waals surface area (Å²) < 4.78 is 67.4. The molecule has 4 aromatic rings. The minimum atomic E-state index is -4.64. The number of hydrogen-bond donors (Lipinski definition) is 1. The van der Waals surface area contributed by atoms with Crippen LogP contribution in [-0.2, 0) is 16.2 Å². The number of aryl methyl sites for hydroxylation is 1. The smallest absolute Gasteiger partial charge is 0.383 e. The third-order valence-electron chi connectivity index (χ3n) is 6.32. The van der Waals surface area contributed by atoms with E-state index in [1.807, 2.05) is 11.5 Å². The van der Waals surface area contributed by atoms with E-state index in [-0.39, 0.29) is 11.6 Å². The maximum Gasteiger partial charge on any atom is 0.419 e. The lowest BCUT2D eigenvalue weighted by Crippen LogP contribution is -2.38. The highest BCUT2D eigenvalue weighted by Crippen LogP contribution is 2.36. The molecular formula is C22H22F3N7O2S. The van der Waals surface area contributed by atoms with E-state index in [9.17, 15) is 21.6 Å². The summed E-state index contributed by atoms with van der Waals surface area (Å²) in [6, 6.07) is 4.21. The summed E-state index contributed by atoms with van der Waals surface area (Å²) in [4.78, 5) is 17.4. The molecular weight excluding hydrogens is 483 g/mol. The van der Waals surface area contributed by atoms with Gasteiger partial charge in [0, 0.05) is 30.9 Å². The number of rotatable bonds is 3. The van der Waals surface area contributed by atoms with Crippen LogP contribution in [0.3, 0.4) is 0 Å². The summed E-state index contributed by atoms with van der Waals surface area (Å²) in [6.07, 6.45) is 0.650. The quantitative estimate of drug-likeness (QED) is 0.452. The summed E-state index contributed by atoms with van der Waals surface area (Å²) in [5, 5.41) is 0. The second-order valence-electron chi connectivity index (χ2n) is 8.63. The number of fused-ring (bicyclic) bond motifs is 3. The molecule has 0 radical (unpaired) electrons. The van der Waals surface area contributed by atoms with E-state index in [4.69, 9.17) is 5.73 Å². The molecule has 0 spiro atoms. The molecule has 1 aliphatic rings. The van der Waals surface area contributed by atoms with Gasteiger partial charge in [0.05, 0.1) is 34.7 Å². The molecule has 1 aliphatic heterocycles. The molecule has 0 saturated carbocycles. The van der Waals surface area contributed by atoms with Crippen LogP contribution >= 0.6 is 0 Å². The van der Waals surface area contributed by atoms with Crippen molar-refractivity contribution in [2.75, 3.05) is 25.1 Å². The summed E-state index contributed by atoms with van der Waals surface area (Å²) in [7, 11) is -3.27. The Kier molecular flexibility index (Phi) is 5.44. The summed E-state index contributed by atoms with van der Waals surface area (Å²) >= 11 is 0. The van der Waals surface area contributed by atoms with Gasteiger partial charge in [-0.25, -0.2) is 27.7 Å². The van der Waals surface area contributed by atoms with Crippen molar-refractivity contribution in [1.29, 1.82) is 0 Å². The average molecular weight is 506 g/mol. The standard InChI is InChI=1S/C22H22F3N7O2S/c1-12-29-18-11-27-17-4-3-16(13-9-15(22(23,24)25)21(26)28-10-13)30-19(17)20(18)32(12)14-5-7-31(8-6-14)35(2,33)34/h3-4,9-11,14H,5-8H2,1-2H3,(H2,26,28). The lowest BCUT2D eigenvalue weighted by atomic mass is 10.1. The van der Waals surface area contributed by atoms with E-state index in [1.165, 1.54) is 16.8 Å². The fourth-order valence-corrected chi connectivity index (χ4v) is 5.51. The minimum Gasteiger partial charge on any atom is -0.383 e. The molecule has 2 N–H and O–H groups in total. The van der Waals surface area contributed by atoms with Crippen molar-refractivity contribution in [1.82, 2.24) is 28.8 Å². The molecule has 5 heterocycles. The summed E-state index contributed by atoms with van der Waals surface area (Å²) in [5.74, 6) is 0.132. The highest BCUT2D eigenvalue weighted by Gasteiger charge is 2.34. The van der Waals surface area contributed by atoms with Crippen molar-refractivity contribution in [2.45, 2.75) is 32.0 Å². The third kappa shape index (κ3) is 4.18. The highest BCUT2D eigenvalue weighted by molar-refractivity contribution is 7.88. The van der Waals surface area contributed by atoms with Gasteiger partial charge in [-0.15, -0.1) is 0 Å². The molecule has 1 fully saturated rings. The minimum absolute atomic E-state index is 0.0101. The Balaban J connectivity index is 1.63.